The molecule has 4 aromatic rings. The van der Waals surface area contributed by atoms with Gasteiger partial charge in [-0.2, -0.15) is 10.4 Å². The van der Waals surface area contributed by atoms with Gasteiger partial charge in [0, 0.05) is 37.4 Å². The first-order chi connectivity index (χ1) is 15.8. The van der Waals surface area contributed by atoms with E-state index in [0.717, 1.165) is 0 Å². The average Bonchev–Trinajstić information content (AvgIpc) is 3.25. The van der Waals surface area contributed by atoms with Crippen LogP contribution in [0.2, 0.25) is 0 Å². The number of nitriles is 1. The molecule has 0 fully saturated rings. The van der Waals surface area contributed by atoms with Gasteiger partial charge < -0.3 is 10.5 Å². The number of hydrogen-bond acceptors (Lipinski definition) is 7. The molecule has 166 valence electrons. The number of nitrogens with two attached hydrogens (primary N) is 1. The lowest BCUT2D eigenvalue weighted by atomic mass is 9.99. The Morgan fingerprint density at radius 1 is 1.24 bits per heavy atom. The van der Waals surface area contributed by atoms with E-state index in [1.54, 1.807) is 37.8 Å². The highest BCUT2D eigenvalue weighted by Gasteiger charge is 2.26. The minimum absolute atomic E-state index is 0.0566. The number of aryl methyl sites for hydroxylation is 1. The maximum Gasteiger partial charge on any atom is 0.267 e. The molecule has 0 saturated heterocycles. The van der Waals surface area contributed by atoms with E-state index >= 15 is 0 Å². The number of rotatable bonds is 0. The molecule has 33 heavy (non-hydrogen) atoms. The molecule has 3 aromatic heterocycles. The molecule has 0 radical (unpaired) electrons. The van der Waals surface area contributed by atoms with Crippen LogP contribution >= 0.6 is 0 Å². The molecule has 1 atom stereocenters. The summed E-state index contributed by atoms with van der Waals surface area (Å²) in [4.78, 5) is 12.7. The van der Waals surface area contributed by atoms with Crippen LogP contribution in [0.5, 0.6) is 5.75 Å². The zero-order chi connectivity index (χ0) is 23.4. The Hall–Kier alpha value is -4.46. The summed E-state index contributed by atoms with van der Waals surface area (Å²) >= 11 is 0. The summed E-state index contributed by atoms with van der Waals surface area (Å²) in [6, 6.07) is 9.55. The van der Waals surface area contributed by atoms with Crippen LogP contribution < -0.4 is 16.0 Å². The van der Waals surface area contributed by atoms with Gasteiger partial charge in [-0.05, 0) is 25.1 Å². The number of fused-ring (bicyclic) bond motifs is 7. The van der Waals surface area contributed by atoms with E-state index < -0.39 is 11.9 Å². The van der Waals surface area contributed by atoms with Crippen molar-refractivity contribution in [3.8, 4) is 34.3 Å². The van der Waals surface area contributed by atoms with Crippen molar-refractivity contribution in [2.75, 3.05) is 5.73 Å². The Labute approximate surface area is 187 Å². The van der Waals surface area contributed by atoms with Crippen molar-refractivity contribution in [1.29, 1.82) is 5.26 Å². The van der Waals surface area contributed by atoms with E-state index in [4.69, 9.17) is 10.5 Å². The lowest BCUT2D eigenvalue weighted by Crippen LogP contribution is -2.21. The summed E-state index contributed by atoms with van der Waals surface area (Å²) in [5, 5.41) is 22.5. The van der Waals surface area contributed by atoms with Gasteiger partial charge in [-0.1, -0.05) is 0 Å². The van der Waals surface area contributed by atoms with Crippen molar-refractivity contribution in [2.45, 2.75) is 19.6 Å². The second kappa shape index (κ2) is 7.30. The van der Waals surface area contributed by atoms with Crippen LogP contribution in [0.15, 0.2) is 35.1 Å². The smallest absolute Gasteiger partial charge is 0.267 e. The van der Waals surface area contributed by atoms with Crippen molar-refractivity contribution >= 4 is 5.82 Å². The molecule has 1 aromatic carbocycles. The van der Waals surface area contributed by atoms with Crippen molar-refractivity contribution in [3.05, 3.63) is 63.5 Å². The molecule has 0 amide bonds. The first-order valence-electron chi connectivity index (χ1n) is 10.1. The van der Waals surface area contributed by atoms with Crippen LogP contribution in [0.3, 0.4) is 0 Å². The van der Waals surface area contributed by atoms with Crippen LogP contribution in [-0.4, -0.2) is 29.3 Å². The summed E-state index contributed by atoms with van der Waals surface area (Å²) in [6.45, 7) is 1.91. The van der Waals surface area contributed by atoms with Gasteiger partial charge in [-0.15, -0.1) is 10.2 Å². The number of hydrogen-bond donors (Lipinski definition) is 1. The highest BCUT2D eigenvalue weighted by atomic mass is 19.1. The topological polar surface area (TPSA) is 130 Å². The minimum atomic E-state index is -0.637. The minimum Gasteiger partial charge on any atom is -0.482 e. The van der Waals surface area contributed by atoms with Gasteiger partial charge in [0.05, 0.1) is 23.5 Å². The van der Waals surface area contributed by atoms with Crippen LogP contribution in [0.1, 0.15) is 30.0 Å². The maximum absolute atomic E-state index is 14.2. The molecule has 1 aliphatic heterocycles. The van der Waals surface area contributed by atoms with Crippen LogP contribution in [0, 0.1) is 17.1 Å². The summed E-state index contributed by atoms with van der Waals surface area (Å²) in [6.07, 6.45) is -0.637. The van der Waals surface area contributed by atoms with Gasteiger partial charge in [-0.3, -0.25) is 18.8 Å². The first-order valence-corrected chi connectivity index (χ1v) is 10.1. The molecule has 11 heteroatoms. The third kappa shape index (κ3) is 3.15. The summed E-state index contributed by atoms with van der Waals surface area (Å²) < 4.78 is 25.0. The predicted molar refractivity (Wildman–Crippen MR) is 117 cm³/mol. The third-order valence-corrected chi connectivity index (χ3v) is 5.82. The Morgan fingerprint density at radius 2 is 2.03 bits per heavy atom. The highest BCUT2D eigenvalue weighted by molar-refractivity contribution is 5.71. The molecule has 5 rings (SSSR count). The van der Waals surface area contributed by atoms with E-state index in [1.807, 2.05) is 0 Å². The molecule has 10 nitrogen and oxygen atoms in total. The monoisotopic (exact) mass is 446 g/mol. The Balaban J connectivity index is 1.88. The number of nitrogen functional groups attached to an aromatic ring is 1. The quantitative estimate of drug-likeness (QED) is 0.438. The normalized spacial score (nSPS) is 14.7. The fourth-order valence-electron chi connectivity index (χ4n) is 4.16. The van der Waals surface area contributed by atoms with Gasteiger partial charge in [0.25, 0.3) is 5.56 Å². The van der Waals surface area contributed by atoms with Crippen molar-refractivity contribution in [2.24, 2.45) is 14.1 Å². The fourth-order valence-corrected chi connectivity index (χ4v) is 4.16. The van der Waals surface area contributed by atoms with Gasteiger partial charge in [0.15, 0.2) is 11.6 Å². The van der Waals surface area contributed by atoms with Crippen LogP contribution in [0.4, 0.5) is 10.2 Å². The van der Waals surface area contributed by atoms with E-state index in [-0.39, 0.29) is 29.4 Å². The van der Waals surface area contributed by atoms with E-state index in [9.17, 15) is 14.4 Å². The summed E-state index contributed by atoms with van der Waals surface area (Å²) in [7, 11) is 3.29. The molecule has 0 unspecified atom stereocenters. The lowest BCUT2D eigenvalue weighted by Gasteiger charge is -2.21. The highest BCUT2D eigenvalue weighted by Crippen LogP contribution is 2.36. The molecular formula is C22H19FN8O2. The molecule has 2 bridgehead atoms. The number of nitrogens with zero attached hydrogens (tertiary/aromatic N) is 7. The SMILES string of the molecule is C[C@H]1Oc2cc(nnc2N)-c2c(nn(C)c2C#N)Cn2c(cc(=O)n2C)-c2ccc(F)cc21. The fraction of sp³-hybridized carbons (Fsp3) is 0.227. The third-order valence-electron chi connectivity index (χ3n) is 5.82. The number of aromatic nitrogens is 6. The van der Waals surface area contributed by atoms with Gasteiger partial charge in [0.2, 0.25) is 0 Å². The molecule has 4 heterocycles. The van der Waals surface area contributed by atoms with E-state index in [1.165, 1.54) is 27.6 Å². The average molecular weight is 446 g/mol. The van der Waals surface area contributed by atoms with E-state index in [0.29, 0.717) is 33.8 Å². The van der Waals surface area contributed by atoms with Crippen LogP contribution in [0.25, 0.3) is 22.5 Å². The second-order valence-corrected chi connectivity index (χ2v) is 7.83. The predicted octanol–water partition coefficient (Wildman–Crippen LogP) is 2.14. The molecule has 0 aliphatic carbocycles. The van der Waals surface area contributed by atoms with Gasteiger partial charge in [-0.25, -0.2) is 4.39 Å². The zero-order valence-electron chi connectivity index (χ0n) is 18.1. The number of anilines is 1. The van der Waals surface area contributed by atoms with Crippen LogP contribution in [-0.2, 0) is 20.6 Å². The standard InChI is InChI=1S/C22H19FN8O2/c1-11-14-6-12(23)4-5-13(14)17-8-20(32)30(3)31(17)10-16-21(18(9-24)29(2)28-16)15-7-19(33-11)22(25)27-26-15/h4-8,11H,10H2,1-3H3,(H2,25,27)/t11-/m1/s1. The molecule has 0 saturated carbocycles. The van der Waals surface area contributed by atoms with Gasteiger partial charge >= 0.3 is 0 Å². The summed E-state index contributed by atoms with van der Waals surface area (Å²) in [5.74, 6) is -0.137. The van der Waals surface area contributed by atoms with Gasteiger partial charge in [0.1, 0.15) is 29.4 Å². The Kier molecular flexibility index (Phi) is 4.52. The Morgan fingerprint density at radius 3 is 2.79 bits per heavy atom. The molecule has 2 N–H and O–H groups in total. The van der Waals surface area contributed by atoms with Crippen molar-refractivity contribution in [1.82, 2.24) is 29.3 Å². The first kappa shape index (κ1) is 20.4. The number of benzene rings is 1. The lowest BCUT2D eigenvalue weighted by molar-refractivity contribution is 0.227. The number of ether oxygens (including phenoxy) is 1. The second-order valence-electron chi connectivity index (χ2n) is 7.83. The van der Waals surface area contributed by atoms with E-state index in [2.05, 4.69) is 21.4 Å². The van der Waals surface area contributed by atoms with Crippen molar-refractivity contribution < 1.29 is 9.13 Å². The zero-order valence-corrected chi connectivity index (χ0v) is 18.1. The largest absolute Gasteiger partial charge is 0.482 e. The number of halogens is 1. The maximum atomic E-state index is 14.2. The molecule has 1 aliphatic rings. The summed E-state index contributed by atoms with van der Waals surface area (Å²) in [5.41, 5.74) is 9.10. The molecule has 0 spiro atoms. The Bertz CT molecular complexity index is 1520. The van der Waals surface area contributed by atoms with Crippen molar-refractivity contribution in [3.63, 3.8) is 0 Å². The molecular weight excluding hydrogens is 427 g/mol.